The Labute approximate surface area is 199 Å². The molecule has 4 rings (SSSR count). The zero-order valence-corrected chi connectivity index (χ0v) is 20.2. The highest BCUT2D eigenvalue weighted by molar-refractivity contribution is 6.01. The lowest BCUT2D eigenvalue weighted by Gasteiger charge is -2.32. The number of aryl methyl sites for hydroxylation is 3. The van der Waals surface area contributed by atoms with Gasteiger partial charge in [-0.15, -0.1) is 10.2 Å². The Hall–Kier alpha value is -3.49. The molecule has 2 heterocycles. The van der Waals surface area contributed by atoms with Crippen molar-refractivity contribution in [3.8, 4) is 11.6 Å². The molecule has 0 aliphatic heterocycles. The fraction of sp³-hybridized carbons (Fsp3) is 0.480. The van der Waals surface area contributed by atoms with Crippen LogP contribution < -0.4 is 10.2 Å². The van der Waals surface area contributed by atoms with E-state index < -0.39 is 6.04 Å². The Morgan fingerprint density at radius 2 is 1.94 bits per heavy atom. The molecule has 2 aromatic heterocycles. The summed E-state index contributed by atoms with van der Waals surface area (Å²) in [6.07, 6.45) is 4.70. The predicted molar refractivity (Wildman–Crippen MR) is 128 cm³/mol. The lowest BCUT2D eigenvalue weighted by atomic mass is 10.1. The molecule has 1 aliphatic carbocycles. The number of aromatic nitrogens is 4. The number of nitrogens with one attached hydrogen (secondary N) is 1. The first kappa shape index (κ1) is 23.7. The summed E-state index contributed by atoms with van der Waals surface area (Å²) in [4.78, 5) is 29.8. The minimum absolute atomic E-state index is 0.124. The number of anilines is 1. The third-order valence-electron chi connectivity index (χ3n) is 6.27. The largest absolute Gasteiger partial charge is 0.458 e. The Bertz CT molecular complexity index is 1160. The van der Waals surface area contributed by atoms with Crippen LogP contribution in [0.25, 0.3) is 11.6 Å². The van der Waals surface area contributed by atoms with E-state index in [1.807, 2.05) is 52.0 Å². The summed E-state index contributed by atoms with van der Waals surface area (Å²) in [5, 5.41) is 15.5. The van der Waals surface area contributed by atoms with Gasteiger partial charge in [-0.05, 0) is 69.0 Å². The van der Waals surface area contributed by atoms with E-state index in [0.29, 0.717) is 23.7 Å². The Morgan fingerprint density at radius 3 is 2.59 bits per heavy atom. The van der Waals surface area contributed by atoms with E-state index in [1.54, 1.807) is 11.0 Å². The number of benzene rings is 1. The highest BCUT2D eigenvalue weighted by Gasteiger charge is 2.33. The summed E-state index contributed by atoms with van der Waals surface area (Å²) in [5.74, 6) is 1.14. The molecule has 0 saturated heterocycles. The maximum atomic E-state index is 13.6. The van der Waals surface area contributed by atoms with Gasteiger partial charge in [-0.25, -0.2) is 0 Å². The first-order valence-electron chi connectivity index (χ1n) is 11.9. The summed E-state index contributed by atoms with van der Waals surface area (Å²) in [6.45, 7) is 7.57. The molecule has 1 N–H and O–H groups in total. The Kier molecular flexibility index (Phi) is 7.09. The number of amides is 2. The van der Waals surface area contributed by atoms with Gasteiger partial charge in [-0.2, -0.15) is 4.80 Å². The van der Waals surface area contributed by atoms with Crippen molar-refractivity contribution in [2.24, 2.45) is 0 Å². The van der Waals surface area contributed by atoms with Gasteiger partial charge in [0.05, 0.1) is 0 Å². The molecule has 1 fully saturated rings. The van der Waals surface area contributed by atoms with Gasteiger partial charge < -0.3 is 9.73 Å². The van der Waals surface area contributed by atoms with Crippen molar-refractivity contribution in [3.63, 3.8) is 0 Å². The van der Waals surface area contributed by atoms with E-state index in [0.717, 1.165) is 42.6 Å². The van der Waals surface area contributed by atoms with Gasteiger partial charge >= 0.3 is 0 Å². The monoisotopic (exact) mass is 464 g/mol. The van der Waals surface area contributed by atoms with Crippen molar-refractivity contribution in [2.45, 2.75) is 78.4 Å². The highest BCUT2D eigenvalue weighted by atomic mass is 16.3. The van der Waals surface area contributed by atoms with E-state index in [1.165, 1.54) is 4.80 Å². The second kappa shape index (κ2) is 10.2. The Balaban J connectivity index is 1.61. The quantitative estimate of drug-likeness (QED) is 0.544. The van der Waals surface area contributed by atoms with Crippen LogP contribution in [0.5, 0.6) is 0 Å². The molecule has 1 atom stereocenters. The smallest absolute Gasteiger partial charge is 0.251 e. The van der Waals surface area contributed by atoms with Crippen LogP contribution in [0.3, 0.4) is 0 Å². The summed E-state index contributed by atoms with van der Waals surface area (Å²) >= 11 is 0. The first-order chi connectivity index (χ1) is 16.4. The average Bonchev–Trinajstić information content (AvgIpc) is 3.55. The lowest BCUT2D eigenvalue weighted by Crippen LogP contribution is -2.52. The molecule has 34 heavy (non-hydrogen) atoms. The summed E-state index contributed by atoms with van der Waals surface area (Å²) < 4.78 is 5.56. The average molecular weight is 465 g/mol. The van der Waals surface area contributed by atoms with E-state index in [4.69, 9.17) is 4.42 Å². The maximum Gasteiger partial charge on any atom is 0.251 e. The molecule has 0 unspecified atom stereocenters. The van der Waals surface area contributed by atoms with Gasteiger partial charge in [0.2, 0.25) is 11.7 Å². The second-order valence-electron chi connectivity index (χ2n) is 9.02. The molecule has 0 spiro atoms. The molecular weight excluding hydrogens is 432 g/mol. The molecule has 0 bridgehead atoms. The highest BCUT2D eigenvalue weighted by Crippen LogP contribution is 2.26. The minimum Gasteiger partial charge on any atom is -0.458 e. The van der Waals surface area contributed by atoms with Crippen LogP contribution in [0.2, 0.25) is 0 Å². The fourth-order valence-corrected chi connectivity index (χ4v) is 4.57. The summed E-state index contributed by atoms with van der Waals surface area (Å²) in [7, 11) is 0. The molecule has 9 nitrogen and oxygen atoms in total. The van der Waals surface area contributed by atoms with Crippen molar-refractivity contribution in [2.75, 3.05) is 4.90 Å². The van der Waals surface area contributed by atoms with Gasteiger partial charge in [-0.3, -0.25) is 14.5 Å². The normalized spacial score (nSPS) is 14.8. The Morgan fingerprint density at radius 1 is 1.18 bits per heavy atom. The molecular formula is C25H32N6O3. The molecule has 9 heteroatoms. The zero-order valence-electron chi connectivity index (χ0n) is 20.2. The van der Waals surface area contributed by atoms with Gasteiger partial charge in [0.1, 0.15) is 18.3 Å². The maximum absolute atomic E-state index is 13.6. The van der Waals surface area contributed by atoms with Crippen LogP contribution in [0.1, 0.15) is 55.9 Å². The van der Waals surface area contributed by atoms with Crippen molar-refractivity contribution in [3.05, 3.63) is 47.2 Å². The van der Waals surface area contributed by atoms with Gasteiger partial charge in [0.25, 0.3) is 5.91 Å². The number of furan rings is 1. The number of tetrazole rings is 1. The number of nitrogens with zero attached hydrogens (tertiary/aromatic N) is 5. The molecule has 0 radical (unpaired) electrons. The van der Waals surface area contributed by atoms with E-state index in [2.05, 4.69) is 20.7 Å². The number of carbonyl (C=O) groups is 2. The standard InChI is InChI=1S/C25H32N6O3/c1-5-20(25(33)26-19-8-6-7-9-19)31(21-12-10-16(2)14-17(21)3)23(32)15-30-28-24(27-29-30)22-13-11-18(4)34-22/h10-14,19-20H,5-9,15H2,1-4H3,(H,26,33)/t20-/m0/s1. The number of rotatable bonds is 8. The fourth-order valence-electron chi connectivity index (χ4n) is 4.57. The molecule has 1 aliphatic rings. The molecule has 1 aromatic carbocycles. The SMILES string of the molecule is CC[C@@H](C(=O)NC1CCCC1)N(C(=O)Cn1nnc(-c2ccc(C)o2)n1)c1ccc(C)cc1C. The third kappa shape index (κ3) is 5.18. The summed E-state index contributed by atoms with van der Waals surface area (Å²) in [5.41, 5.74) is 2.73. The van der Waals surface area contributed by atoms with Crippen LogP contribution in [-0.4, -0.2) is 44.1 Å². The van der Waals surface area contributed by atoms with E-state index >= 15 is 0 Å². The zero-order chi connectivity index (χ0) is 24.2. The van der Waals surface area contributed by atoms with Crippen LogP contribution >= 0.6 is 0 Å². The lowest BCUT2D eigenvalue weighted by molar-refractivity contribution is -0.127. The van der Waals surface area contributed by atoms with Crippen LogP contribution in [0.15, 0.2) is 34.7 Å². The number of hydrogen-bond acceptors (Lipinski definition) is 6. The van der Waals surface area contributed by atoms with Crippen molar-refractivity contribution in [1.29, 1.82) is 0 Å². The predicted octanol–water partition coefficient (Wildman–Crippen LogP) is 3.73. The van der Waals surface area contributed by atoms with Gasteiger partial charge in [0.15, 0.2) is 5.76 Å². The molecule has 2 amide bonds. The molecule has 180 valence electrons. The minimum atomic E-state index is -0.634. The number of carbonyl (C=O) groups excluding carboxylic acids is 2. The van der Waals surface area contributed by atoms with E-state index in [-0.39, 0.29) is 24.4 Å². The number of hydrogen-bond donors (Lipinski definition) is 1. The van der Waals surface area contributed by atoms with Crippen LogP contribution in [0, 0.1) is 20.8 Å². The second-order valence-corrected chi connectivity index (χ2v) is 9.02. The van der Waals surface area contributed by atoms with Gasteiger partial charge in [-0.1, -0.05) is 37.5 Å². The van der Waals surface area contributed by atoms with E-state index in [9.17, 15) is 9.59 Å². The molecule has 3 aromatic rings. The molecule has 1 saturated carbocycles. The third-order valence-corrected chi connectivity index (χ3v) is 6.27. The van der Waals surface area contributed by atoms with Crippen molar-refractivity contribution in [1.82, 2.24) is 25.5 Å². The van der Waals surface area contributed by atoms with Crippen molar-refractivity contribution < 1.29 is 14.0 Å². The topological polar surface area (TPSA) is 106 Å². The van der Waals surface area contributed by atoms with Crippen LogP contribution in [-0.2, 0) is 16.1 Å². The van der Waals surface area contributed by atoms with Crippen LogP contribution in [0.4, 0.5) is 5.69 Å². The summed E-state index contributed by atoms with van der Waals surface area (Å²) in [6, 6.07) is 9.00. The van der Waals surface area contributed by atoms with Crippen molar-refractivity contribution >= 4 is 17.5 Å². The van der Waals surface area contributed by atoms with Gasteiger partial charge in [0, 0.05) is 11.7 Å². The first-order valence-corrected chi connectivity index (χ1v) is 11.9.